The molecular formula is C14H18N2O4. The second kappa shape index (κ2) is 5.58. The van der Waals surface area contributed by atoms with E-state index in [1.54, 1.807) is 6.92 Å². The molecule has 0 heterocycles. The van der Waals surface area contributed by atoms with Crippen LogP contribution in [-0.4, -0.2) is 29.1 Å². The normalized spacial score (nSPS) is 15.7. The van der Waals surface area contributed by atoms with Gasteiger partial charge in [-0.25, -0.2) is 0 Å². The molecule has 108 valence electrons. The highest BCUT2D eigenvalue weighted by molar-refractivity contribution is 5.94. The number of aryl methyl sites for hydroxylation is 1. The topological polar surface area (TPSA) is 92.5 Å². The van der Waals surface area contributed by atoms with Gasteiger partial charge in [-0.15, -0.1) is 0 Å². The fraction of sp³-hybridized carbons (Fsp3) is 0.500. The summed E-state index contributed by atoms with van der Waals surface area (Å²) in [5.74, 6) is -0.229. The van der Waals surface area contributed by atoms with Crippen LogP contribution in [0.15, 0.2) is 18.2 Å². The Kier molecular flexibility index (Phi) is 4.04. The maximum absolute atomic E-state index is 12.0. The Balaban J connectivity index is 1.99. The first-order valence-electron chi connectivity index (χ1n) is 6.61. The van der Waals surface area contributed by atoms with Crippen molar-refractivity contribution in [2.75, 3.05) is 13.2 Å². The number of aliphatic hydroxyl groups excluding tert-OH is 1. The van der Waals surface area contributed by atoms with Crippen molar-refractivity contribution < 1.29 is 14.8 Å². The van der Waals surface area contributed by atoms with E-state index in [0.717, 1.165) is 12.8 Å². The molecule has 1 aromatic rings. The van der Waals surface area contributed by atoms with Crippen LogP contribution in [0.2, 0.25) is 0 Å². The molecule has 0 bridgehead atoms. The molecule has 1 amide bonds. The van der Waals surface area contributed by atoms with Crippen LogP contribution < -0.4 is 5.32 Å². The molecule has 0 saturated heterocycles. The highest BCUT2D eigenvalue weighted by Gasteiger charge is 2.41. The molecular weight excluding hydrogens is 260 g/mol. The van der Waals surface area contributed by atoms with Crippen LogP contribution in [-0.2, 0) is 0 Å². The fourth-order valence-electron chi connectivity index (χ4n) is 2.30. The molecule has 1 fully saturated rings. The van der Waals surface area contributed by atoms with E-state index < -0.39 is 4.92 Å². The van der Waals surface area contributed by atoms with Gasteiger partial charge in [0.1, 0.15) is 0 Å². The summed E-state index contributed by atoms with van der Waals surface area (Å²) in [6.07, 6.45) is 2.74. The van der Waals surface area contributed by atoms with Crippen LogP contribution in [0.5, 0.6) is 0 Å². The Morgan fingerprint density at radius 3 is 2.70 bits per heavy atom. The Labute approximate surface area is 117 Å². The van der Waals surface area contributed by atoms with Gasteiger partial charge < -0.3 is 10.4 Å². The number of aliphatic hydroxyl groups is 1. The Morgan fingerprint density at radius 2 is 2.20 bits per heavy atom. The summed E-state index contributed by atoms with van der Waals surface area (Å²) in [5.41, 5.74) is 0.966. The monoisotopic (exact) mass is 278 g/mol. The number of hydrogen-bond acceptors (Lipinski definition) is 4. The predicted molar refractivity (Wildman–Crippen MR) is 73.5 cm³/mol. The van der Waals surface area contributed by atoms with Crippen LogP contribution >= 0.6 is 0 Å². The van der Waals surface area contributed by atoms with E-state index in [2.05, 4.69) is 5.32 Å². The average molecular weight is 278 g/mol. The lowest BCUT2D eigenvalue weighted by Gasteiger charge is -2.14. The van der Waals surface area contributed by atoms with Crippen LogP contribution in [0.4, 0.5) is 5.69 Å². The Bertz CT molecular complexity index is 538. The van der Waals surface area contributed by atoms with Crippen LogP contribution in [0, 0.1) is 22.5 Å². The van der Waals surface area contributed by atoms with Gasteiger partial charge in [-0.1, -0.05) is 0 Å². The molecule has 1 saturated carbocycles. The van der Waals surface area contributed by atoms with Gasteiger partial charge in [0.15, 0.2) is 0 Å². The molecule has 1 aromatic carbocycles. The predicted octanol–water partition coefficient (Wildman–Crippen LogP) is 1.80. The van der Waals surface area contributed by atoms with Crippen LogP contribution in [0.1, 0.15) is 35.2 Å². The van der Waals surface area contributed by atoms with Crippen LogP contribution in [0.25, 0.3) is 0 Å². The van der Waals surface area contributed by atoms with Gasteiger partial charge in [0.2, 0.25) is 0 Å². The molecule has 0 radical (unpaired) electrons. The molecule has 20 heavy (non-hydrogen) atoms. The molecule has 0 aliphatic heterocycles. The van der Waals surface area contributed by atoms with Gasteiger partial charge >= 0.3 is 0 Å². The summed E-state index contributed by atoms with van der Waals surface area (Å²) in [6.45, 7) is 2.29. The summed E-state index contributed by atoms with van der Waals surface area (Å²) in [6, 6.07) is 4.34. The molecule has 1 aliphatic carbocycles. The third-order valence-corrected chi connectivity index (χ3v) is 3.88. The zero-order valence-electron chi connectivity index (χ0n) is 11.4. The summed E-state index contributed by atoms with van der Waals surface area (Å²) in [7, 11) is 0. The first-order valence-corrected chi connectivity index (χ1v) is 6.61. The first kappa shape index (κ1) is 14.5. The number of carbonyl (C=O) groups is 1. The van der Waals surface area contributed by atoms with E-state index in [0.29, 0.717) is 24.1 Å². The third-order valence-electron chi connectivity index (χ3n) is 3.88. The van der Waals surface area contributed by atoms with Crippen molar-refractivity contribution in [3.63, 3.8) is 0 Å². The van der Waals surface area contributed by atoms with Crippen molar-refractivity contribution in [1.29, 1.82) is 0 Å². The van der Waals surface area contributed by atoms with Crippen LogP contribution in [0.3, 0.4) is 0 Å². The fourth-order valence-corrected chi connectivity index (χ4v) is 2.30. The van der Waals surface area contributed by atoms with Crippen molar-refractivity contribution >= 4 is 11.6 Å². The van der Waals surface area contributed by atoms with Gasteiger partial charge in [-0.2, -0.15) is 0 Å². The molecule has 2 N–H and O–H groups in total. The molecule has 6 heteroatoms. The van der Waals surface area contributed by atoms with Gasteiger partial charge in [0.25, 0.3) is 11.6 Å². The Morgan fingerprint density at radius 1 is 1.50 bits per heavy atom. The second-order valence-corrected chi connectivity index (χ2v) is 5.41. The zero-order chi connectivity index (χ0) is 14.8. The molecule has 0 unspecified atom stereocenters. The summed E-state index contributed by atoms with van der Waals surface area (Å²) in [5, 5.41) is 22.5. The molecule has 2 rings (SSSR count). The smallest absolute Gasteiger partial charge is 0.272 e. The van der Waals surface area contributed by atoms with Gasteiger partial charge in [-0.05, 0) is 43.7 Å². The Hall–Kier alpha value is -1.95. The number of nitrogens with one attached hydrogen (secondary N) is 1. The minimum atomic E-state index is -0.461. The maximum Gasteiger partial charge on any atom is 0.272 e. The lowest BCUT2D eigenvalue weighted by atomic mass is 10.0. The average Bonchev–Trinajstić information content (AvgIpc) is 3.16. The van der Waals surface area contributed by atoms with Gasteiger partial charge in [-0.3, -0.25) is 14.9 Å². The van der Waals surface area contributed by atoms with Gasteiger partial charge in [0, 0.05) is 30.3 Å². The summed E-state index contributed by atoms with van der Waals surface area (Å²) in [4.78, 5) is 22.3. The van der Waals surface area contributed by atoms with E-state index >= 15 is 0 Å². The molecule has 1 aliphatic rings. The standard InChI is InChI=1S/C14H18N2O4/c1-10-8-11(2-3-12(10)16(19)20)13(18)15-9-14(4-5-14)6-7-17/h2-3,8,17H,4-7,9H2,1H3,(H,15,18). The molecule has 0 aromatic heterocycles. The first-order chi connectivity index (χ1) is 9.47. The number of carbonyl (C=O) groups excluding carboxylic acids is 1. The van der Waals surface area contributed by atoms with Crippen molar-refractivity contribution in [1.82, 2.24) is 5.32 Å². The summed E-state index contributed by atoms with van der Waals surface area (Å²) >= 11 is 0. The summed E-state index contributed by atoms with van der Waals surface area (Å²) < 4.78 is 0. The lowest BCUT2D eigenvalue weighted by Crippen LogP contribution is -2.30. The highest BCUT2D eigenvalue weighted by atomic mass is 16.6. The SMILES string of the molecule is Cc1cc(C(=O)NCC2(CCO)CC2)ccc1[N+](=O)[O-]. The largest absolute Gasteiger partial charge is 0.396 e. The van der Waals surface area contributed by atoms with E-state index in [1.165, 1.54) is 18.2 Å². The van der Waals surface area contributed by atoms with Crippen molar-refractivity contribution in [3.8, 4) is 0 Å². The highest BCUT2D eigenvalue weighted by Crippen LogP contribution is 2.47. The van der Waals surface area contributed by atoms with Crippen molar-refractivity contribution in [2.45, 2.75) is 26.2 Å². The number of nitro benzene ring substituents is 1. The minimum Gasteiger partial charge on any atom is -0.396 e. The van der Waals surface area contributed by atoms with E-state index in [4.69, 9.17) is 5.11 Å². The van der Waals surface area contributed by atoms with Gasteiger partial charge in [0.05, 0.1) is 4.92 Å². The number of benzene rings is 1. The van der Waals surface area contributed by atoms with E-state index in [9.17, 15) is 14.9 Å². The van der Waals surface area contributed by atoms with Crippen molar-refractivity contribution in [3.05, 3.63) is 39.4 Å². The molecule has 0 spiro atoms. The number of amides is 1. The van der Waals surface area contributed by atoms with E-state index in [1.807, 2.05) is 0 Å². The number of nitrogens with zero attached hydrogens (tertiary/aromatic N) is 1. The molecule has 0 atom stereocenters. The number of nitro groups is 1. The maximum atomic E-state index is 12.0. The van der Waals surface area contributed by atoms with Crippen molar-refractivity contribution in [2.24, 2.45) is 5.41 Å². The number of hydrogen-bond donors (Lipinski definition) is 2. The number of rotatable bonds is 6. The van der Waals surface area contributed by atoms with E-state index in [-0.39, 0.29) is 23.6 Å². The molecule has 6 nitrogen and oxygen atoms in total. The zero-order valence-corrected chi connectivity index (χ0v) is 11.4. The third kappa shape index (κ3) is 3.14. The second-order valence-electron chi connectivity index (χ2n) is 5.41. The minimum absolute atomic E-state index is 0.0143. The lowest BCUT2D eigenvalue weighted by molar-refractivity contribution is -0.385. The quantitative estimate of drug-likeness (QED) is 0.613.